The fraction of sp³-hybridized carbons (Fsp3) is 0.750. The van der Waals surface area contributed by atoms with Crippen LogP contribution in [0.2, 0.25) is 0 Å². The molecular formula is C16H27NS. The predicted molar refractivity (Wildman–Crippen MR) is 81.6 cm³/mol. The van der Waals surface area contributed by atoms with Gasteiger partial charge in [0.2, 0.25) is 0 Å². The molecule has 2 atom stereocenters. The largest absolute Gasteiger partial charge is 0.314 e. The summed E-state index contributed by atoms with van der Waals surface area (Å²) in [6.45, 7) is 5.64. The molecule has 1 N–H and O–H groups in total. The summed E-state index contributed by atoms with van der Waals surface area (Å²) >= 11 is 1.97. The summed E-state index contributed by atoms with van der Waals surface area (Å²) < 4.78 is 0. The molecule has 0 bridgehead atoms. The Morgan fingerprint density at radius 3 is 3.06 bits per heavy atom. The predicted octanol–water partition coefficient (Wildman–Crippen LogP) is 4.73. The summed E-state index contributed by atoms with van der Waals surface area (Å²) in [7, 11) is 0. The van der Waals surface area contributed by atoms with E-state index in [-0.39, 0.29) is 0 Å². The van der Waals surface area contributed by atoms with E-state index >= 15 is 0 Å². The molecule has 0 radical (unpaired) electrons. The van der Waals surface area contributed by atoms with Gasteiger partial charge in [0.15, 0.2) is 0 Å². The van der Waals surface area contributed by atoms with Crippen molar-refractivity contribution in [2.75, 3.05) is 6.54 Å². The Morgan fingerprint density at radius 1 is 1.39 bits per heavy atom. The van der Waals surface area contributed by atoms with Gasteiger partial charge in [-0.1, -0.05) is 33.1 Å². The summed E-state index contributed by atoms with van der Waals surface area (Å²) in [4.78, 5) is 1.66. The smallest absolute Gasteiger partial charge is 0.0136 e. The molecule has 1 aromatic heterocycles. The van der Waals surface area contributed by atoms with Crippen molar-refractivity contribution in [2.24, 2.45) is 0 Å². The van der Waals surface area contributed by atoms with Gasteiger partial charge in [-0.15, -0.1) is 11.3 Å². The van der Waals surface area contributed by atoms with Crippen LogP contribution < -0.4 is 5.32 Å². The van der Waals surface area contributed by atoms with Crippen LogP contribution in [0.1, 0.15) is 68.7 Å². The van der Waals surface area contributed by atoms with E-state index in [9.17, 15) is 0 Å². The molecule has 0 aromatic carbocycles. The van der Waals surface area contributed by atoms with E-state index < -0.39 is 0 Å². The van der Waals surface area contributed by atoms with Crippen molar-refractivity contribution in [3.63, 3.8) is 0 Å². The molecule has 0 saturated heterocycles. The summed E-state index contributed by atoms with van der Waals surface area (Å²) in [5.74, 6) is 0.775. The minimum absolute atomic E-state index is 0.704. The highest BCUT2D eigenvalue weighted by atomic mass is 32.1. The first kappa shape index (κ1) is 14.1. The Morgan fingerprint density at radius 2 is 2.28 bits per heavy atom. The molecule has 18 heavy (non-hydrogen) atoms. The molecule has 2 heteroatoms. The Kier molecular flexibility index (Phi) is 5.71. The molecule has 0 spiro atoms. The van der Waals surface area contributed by atoms with E-state index in [0.717, 1.165) is 12.5 Å². The van der Waals surface area contributed by atoms with Gasteiger partial charge < -0.3 is 5.32 Å². The Balaban J connectivity index is 2.02. The summed E-state index contributed by atoms with van der Waals surface area (Å²) in [6, 6.07) is 3.09. The Hall–Kier alpha value is -0.340. The molecule has 0 aliphatic heterocycles. The highest BCUT2D eigenvalue weighted by Gasteiger charge is 2.27. The zero-order chi connectivity index (χ0) is 12.8. The van der Waals surface area contributed by atoms with Crippen LogP contribution in [0.5, 0.6) is 0 Å². The second kappa shape index (κ2) is 7.30. The van der Waals surface area contributed by atoms with Gasteiger partial charge in [-0.05, 0) is 49.2 Å². The number of hydrogen-bond donors (Lipinski definition) is 1. The highest BCUT2D eigenvalue weighted by molar-refractivity contribution is 7.10. The minimum atomic E-state index is 0.704. The van der Waals surface area contributed by atoms with E-state index in [1.165, 1.54) is 44.9 Å². The lowest BCUT2D eigenvalue weighted by molar-refractivity contribution is 0.370. The molecular weight excluding hydrogens is 238 g/mol. The average Bonchev–Trinajstić information content (AvgIpc) is 2.86. The molecule has 0 amide bonds. The SMILES string of the molecule is CCCCCC(NCC)C1CCCc2sccc21. The van der Waals surface area contributed by atoms with Gasteiger partial charge in [-0.25, -0.2) is 0 Å². The van der Waals surface area contributed by atoms with Crippen LogP contribution in [0.25, 0.3) is 0 Å². The van der Waals surface area contributed by atoms with E-state index in [4.69, 9.17) is 0 Å². The molecule has 102 valence electrons. The van der Waals surface area contributed by atoms with E-state index in [1.54, 1.807) is 10.4 Å². The number of unbranched alkanes of at least 4 members (excludes halogenated alkanes) is 2. The molecule has 2 unspecified atom stereocenters. The van der Waals surface area contributed by atoms with E-state index in [2.05, 4.69) is 30.6 Å². The van der Waals surface area contributed by atoms with Crippen molar-refractivity contribution in [2.45, 2.75) is 70.8 Å². The lowest BCUT2D eigenvalue weighted by atomic mass is 9.80. The molecule has 1 aliphatic carbocycles. The molecule has 1 heterocycles. The number of aryl methyl sites for hydroxylation is 1. The van der Waals surface area contributed by atoms with Crippen LogP contribution >= 0.6 is 11.3 Å². The van der Waals surface area contributed by atoms with Crippen LogP contribution in [-0.4, -0.2) is 12.6 Å². The van der Waals surface area contributed by atoms with E-state index in [0.29, 0.717) is 6.04 Å². The van der Waals surface area contributed by atoms with Crippen LogP contribution in [0.3, 0.4) is 0 Å². The van der Waals surface area contributed by atoms with Gasteiger partial charge in [0.1, 0.15) is 0 Å². The molecule has 0 saturated carbocycles. The fourth-order valence-corrected chi connectivity index (χ4v) is 4.26. The van der Waals surface area contributed by atoms with Crippen LogP contribution in [0.15, 0.2) is 11.4 Å². The first-order valence-corrected chi connectivity index (χ1v) is 8.54. The average molecular weight is 265 g/mol. The van der Waals surface area contributed by atoms with Gasteiger partial charge in [0.25, 0.3) is 0 Å². The van der Waals surface area contributed by atoms with Gasteiger partial charge >= 0.3 is 0 Å². The van der Waals surface area contributed by atoms with Crippen molar-refractivity contribution in [1.29, 1.82) is 0 Å². The molecule has 1 nitrogen and oxygen atoms in total. The van der Waals surface area contributed by atoms with Gasteiger partial charge in [-0.3, -0.25) is 0 Å². The number of nitrogens with one attached hydrogen (secondary N) is 1. The van der Waals surface area contributed by atoms with Gasteiger partial charge in [0.05, 0.1) is 0 Å². The fourth-order valence-electron chi connectivity index (χ4n) is 3.26. The first-order valence-electron chi connectivity index (χ1n) is 7.66. The Bertz CT molecular complexity index is 345. The van der Waals surface area contributed by atoms with Gasteiger partial charge in [0, 0.05) is 16.8 Å². The standard InChI is InChI=1S/C16H27NS/c1-3-5-6-9-15(17-4-2)13-8-7-10-16-14(13)11-12-18-16/h11-13,15,17H,3-10H2,1-2H3. The zero-order valence-corrected chi connectivity index (χ0v) is 12.7. The van der Waals surface area contributed by atoms with Gasteiger partial charge in [-0.2, -0.15) is 0 Å². The molecule has 1 aromatic rings. The maximum atomic E-state index is 3.75. The number of fused-ring (bicyclic) bond motifs is 1. The van der Waals surface area contributed by atoms with Crippen molar-refractivity contribution in [3.05, 3.63) is 21.9 Å². The van der Waals surface area contributed by atoms with Crippen LogP contribution in [0.4, 0.5) is 0 Å². The second-order valence-corrected chi connectivity index (χ2v) is 6.46. The number of likely N-dealkylation sites (N-methyl/N-ethyl adjacent to an activating group) is 1. The van der Waals surface area contributed by atoms with Crippen molar-refractivity contribution in [1.82, 2.24) is 5.32 Å². The van der Waals surface area contributed by atoms with Crippen LogP contribution in [-0.2, 0) is 6.42 Å². The topological polar surface area (TPSA) is 12.0 Å². The number of hydrogen-bond acceptors (Lipinski definition) is 2. The number of thiophene rings is 1. The third-order valence-electron chi connectivity index (χ3n) is 4.17. The second-order valence-electron chi connectivity index (χ2n) is 5.46. The molecule has 1 aliphatic rings. The third kappa shape index (κ3) is 3.36. The van der Waals surface area contributed by atoms with E-state index in [1.807, 2.05) is 11.3 Å². The van der Waals surface area contributed by atoms with Crippen LogP contribution in [0, 0.1) is 0 Å². The zero-order valence-electron chi connectivity index (χ0n) is 11.9. The maximum absolute atomic E-state index is 3.75. The van der Waals surface area contributed by atoms with Crippen molar-refractivity contribution < 1.29 is 0 Å². The monoisotopic (exact) mass is 265 g/mol. The summed E-state index contributed by atoms with van der Waals surface area (Å²) in [5, 5.41) is 6.04. The maximum Gasteiger partial charge on any atom is 0.0136 e. The minimum Gasteiger partial charge on any atom is -0.314 e. The summed E-state index contributed by atoms with van der Waals surface area (Å²) in [6.07, 6.45) is 9.52. The normalized spacial score (nSPS) is 20.7. The summed E-state index contributed by atoms with van der Waals surface area (Å²) in [5.41, 5.74) is 1.66. The lowest BCUT2D eigenvalue weighted by Crippen LogP contribution is -2.36. The third-order valence-corrected chi connectivity index (χ3v) is 5.17. The van der Waals surface area contributed by atoms with Crippen molar-refractivity contribution >= 4 is 11.3 Å². The van der Waals surface area contributed by atoms with Crippen molar-refractivity contribution in [3.8, 4) is 0 Å². The highest BCUT2D eigenvalue weighted by Crippen LogP contribution is 2.38. The number of rotatable bonds is 7. The lowest BCUT2D eigenvalue weighted by Gasteiger charge is -2.31. The Labute approximate surface area is 116 Å². The quantitative estimate of drug-likeness (QED) is 0.703. The first-order chi connectivity index (χ1) is 8.86. The molecule has 0 fully saturated rings. The molecule has 2 rings (SSSR count).